The first-order valence-corrected chi connectivity index (χ1v) is 5.00. The fraction of sp³-hybridized carbons (Fsp3) is 0. The number of halogens is 3. The van der Waals surface area contributed by atoms with Crippen molar-refractivity contribution in [3.63, 3.8) is 0 Å². The molecule has 0 fully saturated rings. The van der Waals surface area contributed by atoms with Crippen molar-refractivity contribution >= 4 is 56.4 Å². The highest BCUT2D eigenvalue weighted by atomic mass is 127. The van der Waals surface area contributed by atoms with Gasteiger partial charge in [-0.2, -0.15) is 0 Å². The molecule has 1 nitrogen and oxygen atoms in total. The van der Waals surface area contributed by atoms with Crippen LogP contribution in [0, 0.1) is 3.57 Å². The number of carbonyl (C=O) groups excluding carboxylic acids is 1. The van der Waals surface area contributed by atoms with Gasteiger partial charge in [0, 0.05) is 13.6 Å². The predicted molar refractivity (Wildman–Crippen MR) is 57.3 cm³/mol. The lowest BCUT2D eigenvalue weighted by Gasteiger charge is -2.00. The van der Waals surface area contributed by atoms with Gasteiger partial charge in [-0.15, -0.1) is 0 Å². The lowest BCUT2D eigenvalue weighted by Crippen LogP contribution is -1.88. The number of aldehydes is 1. The van der Waals surface area contributed by atoms with Crippen LogP contribution in [0.3, 0.4) is 0 Å². The normalized spacial score (nSPS) is 9.73. The molecule has 0 heterocycles. The summed E-state index contributed by atoms with van der Waals surface area (Å²) in [5.41, 5.74) is 0.609. The summed E-state index contributed by atoms with van der Waals surface area (Å²) in [4.78, 5) is 10.5. The van der Waals surface area contributed by atoms with Gasteiger partial charge in [0.25, 0.3) is 0 Å². The fourth-order valence-corrected chi connectivity index (χ4v) is 2.21. The Kier molecular flexibility index (Phi) is 3.33. The molecule has 1 aromatic rings. The van der Waals surface area contributed by atoms with Gasteiger partial charge in [0.05, 0.1) is 5.02 Å². The maximum atomic E-state index is 10.5. The molecule has 4 heteroatoms. The van der Waals surface area contributed by atoms with Gasteiger partial charge in [-0.05, 0) is 34.7 Å². The Bertz CT molecular complexity index is 301. The molecule has 0 amide bonds. The van der Waals surface area contributed by atoms with Gasteiger partial charge in [-0.3, -0.25) is 4.79 Å². The predicted octanol–water partition coefficient (Wildman–Crippen LogP) is 3.52. The average Bonchev–Trinajstić information content (AvgIpc) is 1.99. The Balaban J connectivity index is 3.40. The molecular weight excluding hydrogens is 342 g/mol. The smallest absolute Gasteiger partial charge is 0.152 e. The highest BCUT2D eigenvalue weighted by molar-refractivity contribution is 14.1. The summed E-state index contributed by atoms with van der Waals surface area (Å²) in [7, 11) is 0. The minimum Gasteiger partial charge on any atom is -0.298 e. The molecule has 0 saturated carbocycles. The largest absolute Gasteiger partial charge is 0.298 e. The zero-order chi connectivity index (χ0) is 8.43. The van der Waals surface area contributed by atoms with E-state index in [0.717, 1.165) is 14.3 Å². The molecule has 0 aliphatic carbocycles. The molecule has 0 saturated heterocycles. The van der Waals surface area contributed by atoms with Gasteiger partial charge >= 0.3 is 0 Å². The van der Waals surface area contributed by atoms with E-state index in [1.807, 2.05) is 22.6 Å². The van der Waals surface area contributed by atoms with Crippen LogP contribution < -0.4 is 0 Å². The van der Waals surface area contributed by atoms with E-state index in [1.54, 1.807) is 12.1 Å². The summed E-state index contributed by atoms with van der Waals surface area (Å²) in [6.45, 7) is 0. The Labute approximate surface area is 91.4 Å². The maximum Gasteiger partial charge on any atom is 0.152 e. The molecule has 0 radical (unpaired) electrons. The van der Waals surface area contributed by atoms with Crippen LogP contribution >= 0.6 is 50.1 Å². The molecule has 1 rings (SSSR count). The van der Waals surface area contributed by atoms with Crippen LogP contribution in [0.2, 0.25) is 5.02 Å². The van der Waals surface area contributed by atoms with E-state index in [9.17, 15) is 4.79 Å². The van der Waals surface area contributed by atoms with Gasteiger partial charge in [0.1, 0.15) is 0 Å². The van der Waals surface area contributed by atoms with E-state index < -0.39 is 0 Å². The Morgan fingerprint density at radius 3 is 2.64 bits per heavy atom. The Morgan fingerprint density at radius 2 is 2.18 bits per heavy atom. The van der Waals surface area contributed by atoms with E-state index in [1.165, 1.54) is 0 Å². The molecule has 11 heavy (non-hydrogen) atoms. The average molecular weight is 345 g/mol. The van der Waals surface area contributed by atoms with Crippen molar-refractivity contribution in [3.05, 3.63) is 30.8 Å². The second-order valence-corrected chi connectivity index (χ2v) is 4.22. The third-order valence-electron chi connectivity index (χ3n) is 1.20. The molecule has 0 aliphatic rings. The first-order chi connectivity index (χ1) is 5.16. The van der Waals surface area contributed by atoms with Crippen molar-refractivity contribution in [2.75, 3.05) is 0 Å². The van der Waals surface area contributed by atoms with Gasteiger partial charge < -0.3 is 0 Å². The van der Waals surface area contributed by atoms with Crippen molar-refractivity contribution in [1.82, 2.24) is 0 Å². The molecule has 58 valence electrons. The molecule has 0 atom stereocenters. The summed E-state index contributed by atoms with van der Waals surface area (Å²) in [6.07, 6.45) is 0.789. The SMILES string of the molecule is O=Cc1c(Br)ccc(Cl)c1I. The number of hydrogen-bond donors (Lipinski definition) is 0. The van der Waals surface area contributed by atoms with E-state index in [4.69, 9.17) is 11.6 Å². The second kappa shape index (κ2) is 3.87. The number of benzene rings is 1. The van der Waals surface area contributed by atoms with Crippen molar-refractivity contribution in [2.24, 2.45) is 0 Å². The highest BCUT2D eigenvalue weighted by Crippen LogP contribution is 2.26. The quantitative estimate of drug-likeness (QED) is 0.432. The van der Waals surface area contributed by atoms with Crippen LogP contribution in [0.4, 0.5) is 0 Å². The standard InChI is InChI=1S/C7H3BrClIO/c8-5-1-2-6(9)7(10)4(5)3-11/h1-3H. The Morgan fingerprint density at radius 1 is 1.55 bits per heavy atom. The number of carbonyl (C=O) groups is 1. The van der Waals surface area contributed by atoms with Crippen LogP contribution in [0.5, 0.6) is 0 Å². The molecule has 1 aromatic carbocycles. The zero-order valence-electron chi connectivity index (χ0n) is 5.27. The lowest BCUT2D eigenvalue weighted by atomic mass is 10.2. The van der Waals surface area contributed by atoms with Gasteiger partial charge in [0.2, 0.25) is 0 Å². The summed E-state index contributed by atoms with van der Waals surface area (Å²) < 4.78 is 1.56. The van der Waals surface area contributed by atoms with Crippen molar-refractivity contribution in [1.29, 1.82) is 0 Å². The molecule has 0 aliphatic heterocycles. The first kappa shape index (κ1) is 9.48. The third-order valence-corrected chi connectivity index (χ3v) is 3.68. The van der Waals surface area contributed by atoms with Crippen LogP contribution in [-0.2, 0) is 0 Å². The molecule has 0 unspecified atom stereocenters. The third kappa shape index (κ3) is 1.95. The van der Waals surface area contributed by atoms with Crippen molar-refractivity contribution < 1.29 is 4.79 Å². The van der Waals surface area contributed by atoms with Gasteiger partial charge in [-0.25, -0.2) is 0 Å². The lowest BCUT2D eigenvalue weighted by molar-refractivity contribution is 0.112. The summed E-state index contributed by atoms with van der Waals surface area (Å²) >= 11 is 11.1. The second-order valence-electron chi connectivity index (χ2n) is 1.87. The molecule has 0 aromatic heterocycles. The van der Waals surface area contributed by atoms with Crippen LogP contribution in [0.15, 0.2) is 16.6 Å². The van der Waals surface area contributed by atoms with E-state index >= 15 is 0 Å². The fourth-order valence-electron chi connectivity index (χ4n) is 0.651. The van der Waals surface area contributed by atoms with E-state index in [-0.39, 0.29) is 0 Å². The van der Waals surface area contributed by atoms with Crippen molar-refractivity contribution in [3.8, 4) is 0 Å². The minimum atomic E-state index is 0.607. The summed E-state index contributed by atoms with van der Waals surface area (Å²) in [5.74, 6) is 0. The molecule has 0 spiro atoms. The molecule has 0 bridgehead atoms. The number of rotatable bonds is 1. The van der Waals surface area contributed by atoms with Gasteiger partial charge in [-0.1, -0.05) is 27.5 Å². The summed E-state index contributed by atoms with van der Waals surface area (Å²) in [5, 5.41) is 0.607. The highest BCUT2D eigenvalue weighted by Gasteiger charge is 2.06. The van der Waals surface area contributed by atoms with Crippen molar-refractivity contribution in [2.45, 2.75) is 0 Å². The van der Waals surface area contributed by atoms with E-state index in [0.29, 0.717) is 10.6 Å². The molecule has 0 N–H and O–H groups in total. The molecular formula is C7H3BrClIO. The number of hydrogen-bond acceptors (Lipinski definition) is 1. The minimum absolute atomic E-state index is 0.607. The van der Waals surface area contributed by atoms with Gasteiger partial charge in [0.15, 0.2) is 6.29 Å². The zero-order valence-corrected chi connectivity index (χ0v) is 9.77. The first-order valence-electron chi connectivity index (χ1n) is 2.75. The monoisotopic (exact) mass is 344 g/mol. The van der Waals surface area contributed by atoms with Crippen LogP contribution in [0.1, 0.15) is 10.4 Å². The van der Waals surface area contributed by atoms with Crippen LogP contribution in [0.25, 0.3) is 0 Å². The van der Waals surface area contributed by atoms with Crippen LogP contribution in [-0.4, -0.2) is 6.29 Å². The Hall–Kier alpha value is 0.390. The summed E-state index contributed by atoms with van der Waals surface area (Å²) in [6, 6.07) is 3.51. The van der Waals surface area contributed by atoms with E-state index in [2.05, 4.69) is 15.9 Å². The topological polar surface area (TPSA) is 17.1 Å². The maximum absolute atomic E-state index is 10.5.